The van der Waals surface area contributed by atoms with E-state index in [2.05, 4.69) is 61.0 Å². The number of nitrogens with one attached hydrogen (secondary N) is 2. The Morgan fingerprint density at radius 2 is 1.79 bits per heavy atom. The molecule has 7 heteroatoms. The molecule has 0 atom stereocenters. The average molecular weight is 613 g/mol. The van der Waals surface area contributed by atoms with Crippen LogP contribution in [-0.2, 0) is 4.79 Å². The number of hydrogen-bond acceptors (Lipinski definition) is 4. The van der Waals surface area contributed by atoms with Crippen LogP contribution in [0.1, 0.15) is 19.4 Å². The van der Waals surface area contributed by atoms with E-state index in [1.807, 2.05) is 68.4 Å². The zero-order chi connectivity index (χ0) is 20.8. The van der Waals surface area contributed by atoms with Crippen molar-refractivity contribution in [2.45, 2.75) is 20.0 Å². The Morgan fingerprint density at radius 3 is 2.52 bits per heavy atom. The first-order chi connectivity index (χ1) is 13.9. The van der Waals surface area contributed by atoms with Crippen molar-refractivity contribution in [2.24, 2.45) is 5.10 Å². The fourth-order valence-electron chi connectivity index (χ4n) is 2.78. The SMILES string of the molecule is CC(C)Oc1c(I)cc(/C=N\NC(=O)CNc2cccc3ccccc23)cc1I. The summed E-state index contributed by atoms with van der Waals surface area (Å²) in [5, 5.41) is 9.46. The molecule has 0 radical (unpaired) electrons. The summed E-state index contributed by atoms with van der Waals surface area (Å²) in [6, 6.07) is 18.0. The highest BCUT2D eigenvalue weighted by molar-refractivity contribution is 14.1. The van der Waals surface area contributed by atoms with E-state index in [1.165, 1.54) is 0 Å². The first-order valence-electron chi connectivity index (χ1n) is 9.13. The number of nitrogens with zero attached hydrogens (tertiary/aromatic N) is 1. The van der Waals surface area contributed by atoms with Crippen LogP contribution in [0, 0.1) is 7.14 Å². The second-order valence-corrected chi connectivity index (χ2v) is 8.98. The number of hydrazone groups is 1. The highest BCUT2D eigenvalue weighted by atomic mass is 127. The molecule has 5 nitrogen and oxygen atoms in total. The van der Waals surface area contributed by atoms with E-state index >= 15 is 0 Å². The number of halogens is 2. The van der Waals surface area contributed by atoms with Gasteiger partial charge in [0, 0.05) is 11.1 Å². The first kappa shape index (κ1) is 21.8. The number of anilines is 1. The summed E-state index contributed by atoms with van der Waals surface area (Å²) < 4.78 is 7.86. The van der Waals surface area contributed by atoms with Crippen LogP contribution in [0.25, 0.3) is 10.8 Å². The molecule has 0 unspecified atom stereocenters. The Hall–Kier alpha value is -1.88. The van der Waals surface area contributed by atoms with Gasteiger partial charge in [0.05, 0.1) is 26.0 Å². The Kier molecular flexibility index (Phi) is 7.70. The summed E-state index contributed by atoms with van der Waals surface area (Å²) in [6.45, 7) is 4.15. The van der Waals surface area contributed by atoms with Crippen molar-refractivity contribution in [2.75, 3.05) is 11.9 Å². The molecule has 0 saturated heterocycles. The summed E-state index contributed by atoms with van der Waals surface area (Å²) >= 11 is 4.50. The lowest BCUT2D eigenvalue weighted by atomic mass is 10.1. The normalized spacial score (nSPS) is 11.2. The average Bonchev–Trinajstić information content (AvgIpc) is 2.69. The molecule has 0 aromatic heterocycles. The number of benzene rings is 3. The van der Waals surface area contributed by atoms with Crippen LogP contribution in [-0.4, -0.2) is 24.8 Å². The van der Waals surface area contributed by atoms with E-state index in [-0.39, 0.29) is 18.6 Å². The molecule has 0 spiro atoms. The van der Waals surface area contributed by atoms with E-state index < -0.39 is 0 Å². The summed E-state index contributed by atoms with van der Waals surface area (Å²) in [6.07, 6.45) is 1.75. The van der Waals surface area contributed by atoms with E-state index in [0.29, 0.717) is 0 Å². The number of amides is 1. The van der Waals surface area contributed by atoms with Gasteiger partial charge in [-0.2, -0.15) is 5.10 Å². The topological polar surface area (TPSA) is 62.7 Å². The van der Waals surface area contributed by atoms with Gasteiger partial charge in [-0.3, -0.25) is 4.79 Å². The lowest BCUT2D eigenvalue weighted by Crippen LogP contribution is -2.25. The quantitative estimate of drug-likeness (QED) is 0.213. The van der Waals surface area contributed by atoms with E-state index in [4.69, 9.17) is 4.74 Å². The molecule has 1 amide bonds. The molecule has 2 N–H and O–H groups in total. The van der Waals surface area contributed by atoms with Crippen LogP contribution in [0.2, 0.25) is 0 Å². The number of carbonyl (C=O) groups is 1. The molecule has 0 aliphatic rings. The minimum absolute atomic E-state index is 0.116. The van der Waals surface area contributed by atoms with Crippen LogP contribution >= 0.6 is 45.2 Å². The maximum Gasteiger partial charge on any atom is 0.259 e. The van der Waals surface area contributed by atoms with E-state index in [0.717, 1.165) is 34.9 Å². The molecule has 3 rings (SSSR count). The van der Waals surface area contributed by atoms with E-state index in [9.17, 15) is 4.79 Å². The van der Waals surface area contributed by atoms with Gasteiger partial charge in [0.1, 0.15) is 5.75 Å². The highest BCUT2D eigenvalue weighted by Gasteiger charge is 2.10. The van der Waals surface area contributed by atoms with Gasteiger partial charge >= 0.3 is 0 Å². The third-order valence-electron chi connectivity index (χ3n) is 4.01. The molecule has 0 bridgehead atoms. The van der Waals surface area contributed by atoms with Crippen molar-refractivity contribution in [3.63, 3.8) is 0 Å². The lowest BCUT2D eigenvalue weighted by molar-refractivity contribution is -0.119. The van der Waals surface area contributed by atoms with Gasteiger partial charge < -0.3 is 10.1 Å². The third kappa shape index (κ3) is 6.05. The lowest BCUT2D eigenvalue weighted by Gasteiger charge is -2.14. The van der Waals surface area contributed by atoms with Gasteiger partial charge in [0.2, 0.25) is 0 Å². The van der Waals surface area contributed by atoms with Crippen LogP contribution in [0.3, 0.4) is 0 Å². The summed E-state index contributed by atoms with van der Waals surface area (Å²) in [4.78, 5) is 12.1. The maximum absolute atomic E-state index is 12.1. The predicted molar refractivity (Wildman–Crippen MR) is 136 cm³/mol. The molecule has 3 aromatic carbocycles. The fourth-order valence-corrected chi connectivity index (χ4v) is 4.85. The molecular weight excluding hydrogens is 592 g/mol. The number of hydrogen-bond donors (Lipinski definition) is 2. The molecule has 29 heavy (non-hydrogen) atoms. The van der Waals surface area contributed by atoms with Crippen molar-refractivity contribution < 1.29 is 9.53 Å². The third-order valence-corrected chi connectivity index (χ3v) is 5.61. The van der Waals surface area contributed by atoms with Crippen molar-refractivity contribution in [3.05, 3.63) is 67.3 Å². The molecule has 0 aliphatic heterocycles. The Morgan fingerprint density at radius 1 is 1.10 bits per heavy atom. The number of ether oxygens (including phenoxy) is 1. The van der Waals surface area contributed by atoms with Gasteiger partial charge in [-0.05, 0) is 88.2 Å². The summed E-state index contributed by atoms with van der Waals surface area (Å²) in [5.41, 5.74) is 4.39. The molecule has 3 aromatic rings. The smallest absolute Gasteiger partial charge is 0.259 e. The Bertz CT molecular complexity index is 1020. The van der Waals surface area contributed by atoms with Gasteiger partial charge in [0.25, 0.3) is 5.91 Å². The maximum atomic E-state index is 12.1. The minimum atomic E-state index is -0.210. The zero-order valence-corrected chi connectivity index (χ0v) is 20.4. The zero-order valence-electron chi connectivity index (χ0n) is 16.1. The highest BCUT2D eigenvalue weighted by Crippen LogP contribution is 2.29. The molecule has 0 aliphatic carbocycles. The van der Waals surface area contributed by atoms with Crippen molar-refractivity contribution in [1.82, 2.24) is 5.43 Å². The Labute approximate surface area is 197 Å². The first-order valence-corrected chi connectivity index (χ1v) is 11.3. The van der Waals surface area contributed by atoms with Gasteiger partial charge in [-0.25, -0.2) is 5.43 Å². The van der Waals surface area contributed by atoms with Gasteiger partial charge in [-0.1, -0.05) is 36.4 Å². The molecular formula is C22H21I2N3O2. The second kappa shape index (κ2) is 10.2. The minimum Gasteiger partial charge on any atom is -0.489 e. The van der Waals surface area contributed by atoms with Crippen molar-refractivity contribution in [3.8, 4) is 5.75 Å². The standard InChI is InChI=1S/C22H21I2N3O2/c1-14(2)29-22-18(23)10-15(11-19(22)24)12-26-27-21(28)13-25-20-9-5-7-16-6-3-4-8-17(16)20/h3-12,14,25H,13H2,1-2H3,(H,27,28)/b26-12-. The van der Waals surface area contributed by atoms with Crippen molar-refractivity contribution >= 4 is 73.8 Å². The fraction of sp³-hybridized carbons (Fsp3) is 0.182. The molecule has 150 valence electrons. The molecule has 0 heterocycles. The van der Waals surface area contributed by atoms with Gasteiger partial charge in [0.15, 0.2) is 0 Å². The van der Waals surface area contributed by atoms with Gasteiger partial charge in [-0.15, -0.1) is 0 Å². The van der Waals surface area contributed by atoms with E-state index in [1.54, 1.807) is 6.21 Å². The summed E-state index contributed by atoms with van der Waals surface area (Å²) in [7, 11) is 0. The monoisotopic (exact) mass is 613 g/mol. The molecule has 0 saturated carbocycles. The summed E-state index contributed by atoms with van der Waals surface area (Å²) in [5.74, 6) is 0.667. The number of carbonyl (C=O) groups excluding carboxylic acids is 1. The second-order valence-electron chi connectivity index (χ2n) is 6.65. The van der Waals surface area contributed by atoms with Crippen molar-refractivity contribution in [1.29, 1.82) is 0 Å². The number of fused-ring (bicyclic) bond motifs is 1. The Balaban J connectivity index is 1.58. The molecule has 0 fully saturated rings. The van der Waals surface area contributed by atoms with Crippen LogP contribution in [0.15, 0.2) is 59.7 Å². The van der Waals surface area contributed by atoms with Crippen LogP contribution in [0.4, 0.5) is 5.69 Å². The predicted octanol–water partition coefficient (Wildman–Crippen LogP) is 5.40. The van der Waals surface area contributed by atoms with Crippen LogP contribution < -0.4 is 15.5 Å². The van der Waals surface area contributed by atoms with Crippen LogP contribution in [0.5, 0.6) is 5.75 Å². The largest absolute Gasteiger partial charge is 0.489 e. The number of rotatable bonds is 7.